The third-order valence-corrected chi connectivity index (χ3v) is 4.92. The van der Waals surface area contributed by atoms with E-state index in [1.807, 2.05) is 0 Å². The largest absolute Gasteiger partial charge is 0.388 e. The van der Waals surface area contributed by atoms with E-state index in [9.17, 15) is 9.50 Å². The number of halogens is 2. The Morgan fingerprint density at radius 2 is 2.28 bits per heavy atom. The zero-order valence-electron chi connectivity index (χ0n) is 10.2. The minimum Gasteiger partial charge on any atom is -0.388 e. The molecule has 0 radical (unpaired) electrons. The summed E-state index contributed by atoms with van der Waals surface area (Å²) in [5.41, 5.74) is 0.368. The predicted octanol–water partition coefficient (Wildman–Crippen LogP) is 2.73. The topological polar surface area (TPSA) is 23.5 Å². The SMILES string of the molecule is OC1(Cc2ccc(F)c(Br)c2)CCN2CCCC21. The van der Waals surface area contributed by atoms with Gasteiger partial charge in [-0.05, 0) is 59.4 Å². The van der Waals surface area contributed by atoms with Gasteiger partial charge in [0.15, 0.2) is 0 Å². The van der Waals surface area contributed by atoms with Gasteiger partial charge < -0.3 is 5.11 Å². The van der Waals surface area contributed by atoms with Crippen LogP contribution in [0.1, 0.15) is 24.8 Å². The molecule has 18 heavy (non-hydrogen) atoms. The van der Waals surface area contributed by atoms with Gasteiger partial charge in [-0.3, -0.25) is 4.90 Å². The van der Waals surface area contributed by atoms with Gasteiger partial charge >= 0.3 is 0 Å². The molecule has 2 saturated heterocycles. The van der Waals surface area contributed by atoms with E-state index < -0.39 is 5.60 Å². The van der Waals surface area contributed by atoms with E-state index in [0.717, 1.165) is 31.5 Å². The molecule has 0 aromatic heterocycles. The maximum absolute atomic E-state index is 13.2. The summed E-state index contributed by atoms with van der Waals surface area (Å²) in [5, 5.41) is 10.8. The second-order valence-corrected chi connectivity index (χ2v) is 6.33. The molecular weight excluding hydrogens is 297 g/mol. The Bertz CT molecular complexity index is 467. The van der Waals surface area contributed by atoms with E-state index in [4.69, 9.17) is 0 Å². The van der Waals surface area contributed by atoms with Crippen molar-refractivity contribution in [3.63, 3.8) is 0 Å². The first-order chi connectivity index (χ1) is 8.58. The van der Waals surface area contributed by atoms with Gasteiger partial charge in [-0.2, -0.15) is 0 Å². The number of rotatable bonds is 2. The maximum Gasteiger partial charge on any atom is 0.137 e. The summed E-state index contributed by atoms with van der Waals surface area (Å²) < 4.78 is 13.7. The molecule has 98 valence electrons. The van der Waals surface area contributed by atoms with E-state index in [-0.39, 0.29) is 5.82 Å². The van der Waals surface area contributed by atoms with Crippen LogP contribution in [-0.4, -0.2) is 34.7 Å². The number of fused-ring (bicyclic) bond motifs is 1. The van der Waals surface area contributed by atoms with Crippen molar-refractivity contribution in [2.75, 3.05) is 13.1 Å². The Morgan fingerprint density at radius 1 is 1.44 bits per heavy atom. The van der Waals surface area contributed by atoms with E-state index in [1.54, 1.807) is 12.1 Å². The zero-order valence-corrected chi connectivity index (χ0v) is 11.8. The van der Waals surface area contributed by atoms with Crippen molar-refractivity contribution < 1.29 is 9.50 Å². The summed E-state index contributed by atoms with van der Waals surface area (Å²) >= 11 is 3.20. The summed E-state index contributed by atoms with van der Waals surface area (Å²) in [7, 11) is 0. The van der Waals surface area contributed by atoms with E-state index >= 15 is 0 Å². The number of hydrogen-bond donors (Lipinski definition) is 1. The Kier molecular flexibility index (Phi) is 3.20. The van der Waals surface area contributed by atoms with Crippen LogP contribution in [0.2, 0.25) is 0 Å². The molecule has 2 nitrogen and oxygen atoms in total. The molecule has 2 heterocycles. The molecular formula is C14H17BrFNO. The third-order valence-electron chi connectivity index (χ3n) is 4.31. The van der Waals surface area contributed by atoms with Gasteiger partial charge in [-0.25, -0.2) is 4.39 Å². The Balaban J connectivity index is 1.81. The molecule has 0 amide bonds. The fourth-order valence-electron chi connectivity index (χ4n) is 3.42. The molecule has 1 aromatic carbocycles. The van der Waals surface area contributed by atoms with Crippen molar-refractivity contribution in [3.05, 3.63) is 34.1 Å². The highest BCUT2D eigenvalue weighted by Crippen LogP contribution is 2.38. The van der Waals surface area contributed by atoms with Crippen LogP contribution in [0.15, 0.2) is 22.7 Å². The lowest BCUT2D eigenvalue weighted by Crippen LogP contribution is -2.43. The van der Waals surface area contributed by atoms with E-state index in [1.165, 1.54) is 12.5 Å². The quantitative estimate of drug-likeness (QED) is 0.907. The van der Waals surface area contributed by atoms with Gasteiger partial charge in [0.05, 0.1) is 10.1 Å². The molecule has 2 fully saturated rings. The molecule has 1 aromatic rings. The van der Waals surface area contributed by atoms with Crippen LogP contribution < -0.4 is 0 Å². The van der Waals surface area contributed by atoms with Crippen molar-refractivity contribution in [2.45, 2.75) is 37.3 Å². The molecule has 2 unspecified atom stereocenters. The van der Waals surface area contributed by atoms with Gasteiger partial charge in [0.25, 0.3) is 0 Å². The van der Waals surface area contributed by atoms with Gasteiger partial charge in [0, 0.05) is 19.0 Å². The molecule has 3 rings (SSSR count). The van der Waals surface area contributed by atoms with Crippen LogP contribution in [0.3, 0.4) is 0 Å². The fourth-order valence-corrected chi connectivity index (χ4v) is 3.84. The van der Waals surface area contributed by atoms with Gasteiger partial charge in [0.2, 0.25) is 0 Å². The molecule has 4 heteroatoms. The molecule has 2 atom stereocenters. The van der Waals surface area contributed by atoms with Crippen molar-refractivity contribution >= 4 is 15.9 Å². The van der Waals surface area contributed by atoms with Crippen molar-refractivity contribution in [3.8, 4) is 0 Å². The molecule has 0 bridgehead atoms. The normalized spacial score (nSPS) is 31.8. The van der Waals surface area contributed by atoms with Crippen molar-refractivity contribution in [1.82, 2.24) is 4.90 Å². The molecule has 2 aliphatic rings. The van der Waals surface area contributed by atoms with E-state index in [2.05, 4.69) is 20.8 Å². The second kappa shape index (κ2) is 4.58. The molecule has 0 spiro atoms. The van der Waals surface area contributed by atoms with Crippen LogP contribution >= 0.6 is 15.9 Å². The zero-order chi connectivity index (χ0) is 12.8. The monoisotopic (exact) mass is 313 g/mol. The number of benzene rings is 1. The lowest BCUT2D eigenvalue weighted by atomic mass is 9.86. The van der Waals surface area contributed by atoms with Crippen LogP contribution in [0, 0.1) is 5.82 Å². The van der Waals surface area contributed by atoms with Crippen LogP contribution in [0.5, 0.6) is 0 Å². The Morgan fingerprint density at radius 3 is 3.06 bits per heavy atom. The predicted molar refractivity (Wildman–Crippen MR) is 72.0 cm³/mol. The fraction of sp³-hybridized carbons (Fsp3) is 0.571. The average molecular weight is 314 g/mol. The first kappa shape index (κ1) is 12.6. The summed E-state index contributed by atoms with van der Waals surface area (Å²) in [6.45, 7) is 2.10. The van der Waals surface area contributed by atoms with Crippen molar-refractivity contribution in [2.24, 2.45) is 0 Å². The molecule has 2 aliphatic heterocycles. The lowest BCUT2D eigenvalue weighted by molar-refractivity contribution is 0.0140. The maximum atomic E-state index is 13.2. The second-order valence-electron chi connectivity index (χ2n) is 5.47. The van der Waals surface area contributed by atoms with Crippen LogP contribution in [0.4, 0.5) is 4.39 Å². The minimum atomic E-state index is -0.631. The highest BCUT2D eigenvalue weighted by atomic mass is 79.9. The smallest absolute Gasteiger partial charge is 0.137 e. The summed E-state index contributed by atoms with van der Waals surface area (Å²) in [5.74, 6) is -0.250. The molecule has 1 N–H and O–H groups in total. The number of aliphatic hydroxyl groups is 1. The molecule has 0 aliphatic carbocycles. The lowest BCUT2D eigenvalue weighted by Gasteiger charge is -2.30. The van der Waals surface area contributed by atoms with Crippen LogP contribution in [-0.2, 0) is 6.42 Å². The number of hydrogen-bond acceptors (Lipinski definition) is 2. The third kappa shape index (κ3) is 2.10. The van der Waals surface area contributed by atoms with E-state index in [0.29, 0.717) is 16.9 Å². The summed E-state index contributed by atoms with van der Waals surface area (Å²) in [4.78, 5) is 2.39. The molecule has 0 saturated carbocycles. The van der Waals surface area contributed by atoms with Gasteiger partial charge in [0.1, 0.15) is 5.82 Å². The highest BCUT2D eigenvalue weighted by molar-refractivity contribution is 9.10. The first-order valence-corrected chi connectivity index (χ1v) is 7.28. The van der Waals surface area contributed by atoms with Crippen LogP contribution in [0.25, 0.3) is 0 Å². The van der Waals surface area contributed by atoms with Crippen molar-refractivity contribution in [1.29, 1.82) is 0 Å². The summed E-state index contributed by atoms with van der Waals surface area (Å²) in [6, 6.07) is 5.31. The van der Waals surface area contributed by atoms with Gasteiger partial charge in [-0.1, -0.05) is 6.07 Å². The average Bonchev–Trinajstić information content (AvgIpc) is 2.90. The first-order valence-electron chi connectivity index (χ1n) is 6.49. The Labute approximate surface area is 115 Å². The highest BCUT2D eigenvalue weighted by Gasteiger charge is 2.47. The summed E-state index contributed by atoms with van der Waals surface area (Å²) in [6.07, 6.45) is 3.71. The number of nitrogens with zero attached hydrogens (tertiary/aromatic N) is 1. The minimum absolute atomic E-state index is 0.250. The Hall–Kier alpha value is -0.450. The standard InChI is InChI=1S/C14H17BrFNO/c15-11-8-10(3-4-12(11)16)9-14(18)5-7-17-6-1-2-13(14)17/h3-4,8,13,18H,1-2,5-7,9H2. The van der Waals surface area contributed by atoms with Gasteiger partial charge in [-0.15, -0.1) is 0 Å².